The molecule has 0 bridgehead atoms. The largest absolute Gasteiger partial charge is 0.380 e. The van der Waals surface area contributed by atoms with Crippen molar-refractivity contribution in [2.24, 2.45) is 0 Å². The van der Waals surface area contributed by atoms with Crippen molar-refractivity contribution in [3.63, 3.8) is 0 Å². The van der Waals surface area contributed by atoms with E-state index in [9.17, 15) is 4.39 Å². The minimum Gasteiger partial charge on any atom is -0.380 e. The minimum atomic E-state index is -0.205. The molecule has 0 radical (unpaired) electrons. The highest BCUT2D eigenvalue weighted by atomic mass is 79.9. The molecule has 102 valence electrons. The summed E-state index contributed by atoms with van der Waals surface area (Å²) < 4.78 is 19.6. The van der Waals surface area contributed by atoms with Gasteiger partial charge in [-0.2, -0.15) is 0 Å². The van der Waals surface area contributed by atoms with Crippen LogP contribution >= 0.6 is 15.9 Å². The summed E-state index contributed by atoms with van der Waals surface area (Å²) in [6.07, 6.45) is 1.79. The third-order valence-electron chi connectivity index (χ3n) is 2.56. The fraction of sp³-hybridized carbons (Fsp3) is 0.571. The molecule has 0 amide bonds. The zero-order chi connectivity index (χ0) is 13.4. The monoisotopic (exact) mass is 317 g/mol. The van der Waals surface area contributed by atoms with Crippen molar-refractivity contribution in [2.75, 3.05) is 19.8 Å². The highest BCUT2D eigenvalue weighted by Crippen LogP contribution is 2.16. The average molecular weight is 318 g/mol. The van der Waals surface area contributed by atoms with Gasteiger partial charge in [0.2, 0.25) is 0 Å². The first-order chi connectivity index (χ1) is 8.65. The van der Waals surface area contributed by atoms with E-state index in [1.54, 1.807) is 6.07 Å². The second-order valence-corrected chi connectivity index (χ2v) is 5.23. The van der Waals surface area contributed by atoms with E-state index in [1.807, 2.05) is 6.07 Å². The van der Waals surface area contributed by atoms with E-state index in [0.717, 1.165) is 36.0 Å². The Kier molecular flexibility index (Phi) is 7.47. The van der Waals surface area contributed by atoms with Crippen LogP contribution in [-0.4, -0.2) is 25.8 Å². The Morgan fingerprint density at radius 3 is 2.72 bits per heavy atom. The molecule has 1 aromatic rings. The second-order valence-electron chi connectivity index (χ2n) is 4.31. The molecule has 2 nitrogen and oxygen atoms in total. The lowest BCUT2D eigenvalue weighted by atomic mass is 10.1. The molecule has 0 aliphatic rings. The Hall–Kier alpha value is -0.450. The lowest BCUT2D eigenvalue weighted by Crippen LogP contribution is -2.35. The molecule has 0 spiro atoms. The van der Waals surface area contributed by atoms with Crippen molar-refractivity contribution < 1.29 is 9.13 Å². The van der Waals surface area contributed by atoms with Crippen molar-refractivity contribution in [3.05, 3.63) is 34.1 Å². The Balaban J connectivity index is 2.58. The van der Waals surface area contributed by atoms with Crippen molar-refractivity contribution in [2.45, 2.75) is 32.7 Å². The molecular weight excluding hydrogens is 297 g/mol. The van der Waals surface area contributed by atoms with Gasteiger partial charge in [0.05, 0.1) is 6.61 Å². The normalized spacial score (nSPS) is 12.7. The van der Waals surface area contributed by atoms with Gasteiger partial charge >= 0.3 is 0 Å². The van der Waals surface area contributed by atoms with Gasteiger partial charge in [0.1, 0.15) is 5.82 Å². The average Bonchev–Trinajstić information content (AvgIpc) is 2.28. The molecule has 1 rings (SSSR count). The van der Waals surface area contributed by atoms with Gasteiger partial charge in [-0.25, -0.2) is 4.39 Å². The lowest BCUT2D eigenvalue weighted by Gasteiger charge is -2.18. The Morgan fingerprint density at radius 1 is 1.33 bits per heavy atom. The summed E-state index contributed by atoms with van der Waals surface area (Å²) in [6, 6.07) is 5.23. The van der Waals surface area contributed by atoms with Gasteiger partial charge in [0.25, 0.3) is 0 Å². The van der Waals surface area contributed by atoms with Gasteiger partial charge in [-0.05, 0) is 43.1 Å². The summed E-state index contributed by atoms with van der Waals surface area (Å²) in [6.45, 7) is 6.47. The van der Waals surface area contributed by atoms with Crippen LogP contribution in [0.3, 0.4) is 0 Å². The summed E-state index contributed by atoms with van der Waals surface area (Å²) in [5.74, 6) is -0.205. The topological polar surface area (TPSA) is 21.3 Å². The van der Waals surface area contributed by atoms with Gasteiger partial charge in [0, 0.05) is 17.1 Å². The highest BCUT2D eigenvalue weighted by molar-refractivity contribution is 9.10. The third kappa shape index (κ3) is 5.94. The number of nitrogens with one attached hydrogen (secondary N) is 1. The maximum Gasteiger partial charge on any atom is 0.124 e. The summed E-state index contributed by atoms with van der Waals surface area (Å²) >= 11 is 3.31. The molecule has 0 saturated heterocycles. The first kappa shape index (κ1) is 15.6. The molecule has 0 saturated carbocycles. The number of ether oxygens (including phenoxy) is 1. The van der Waals surface area contributed by atoms with Gasteiger partial charge in [-0.15, -0.1) is 0 Å². The second kappa shape index (κ2) is 8.62. The van der Waals surface area contributed by atoms with Crippen LogP contribution in [0.5, 0.6) is 0 Å². The predicted molar refractivity (Wildman–Crippen MR) is 76.4 cm³/mol. The molecule has 0 aromatic heterocycles. The van der Waals surface area contributed by atoms with E-state index in [2.05, 4.69) is 35.1 Å². The number of rotatable bonds is 8. The van der Waals surface area contributed by atoms with E-state index >= 15 is 0 Å². The molecule has 1 N–H and O–H groups in total. The summed E-state index contributed by atoms with van der Waals surface area (Å²) in [5.41, 5.74) is 0.980. The zero-order valence-corrected chi connectivity index (χ0v) is 12.6. The molecule has 1 atom stereocenters. The van der Waals surface area contributed by atoms with E-state index in [0.29, 0.717) is 6.61 Å². The molecule has 0 aliphatic heterocycles. The van der Waals surface area contributed by atoms with Crippen LogP contribution in [0, 0.1) is 5.82 Å². The van der Waals surface area contributed by atoms with Crippen molar-refractivity contribution in [1.29, 1.82) is 0 Å². The van der Waals surface area contributed by atoms with E-state index < -0.39 is 0 Å². The molecule has 0 heterocycles. The van der Waals surface area contributed by atoms with Crippen LogP contribution in [0.25, 0.3) is 0 Å². The van der Waals surface area contributed by atoms with Crippen molar-refractivity contribution in [3.8, 4) is 0 Å². The van der Waals surface area contributed by atoms with Crippen LogP contribution < -0.4 is 5.32 Å². The molecule has 0 fully saturated rings. The van der Waals surface area contributed by atoms with Gasteiger partial charge < -0.3 is 10.1 Å². The van der Waals surface area contributed by atoms with Crippen molar-refractivity contribution in [1.82, 2.24) is 5.32 Å². The van der Waals surface area contributed by atoms with Crippen LogP contribution in [0.15, 0.2) is 22.7 Å². The summed E-state index contributed by atoms with van der Waals surface area (Å²) in [4.78, 5) is 0. The van der Waals surface area contributed by atoms with E-state index in [1.165, 1.54) is 6.07 Å². The number of benzene rings is 1. The number of hydrogen-bond donors (Lipinski definition) is 1. The number of hydrogen-bond acceptors (Lipinski definition) is 2. The predicted octanol–water partition coefficient (Wildman–Crippen LogP) is 3.54. The first-order valence-electron chi connectivity index (χ1n) is 6.41. The fourth-order valence-electron chi connectivity index (χ4n) is 1.86. The first-order valence-corrected chi connectivity index (χ1v) is 7.21. The summed E-state index contributed by atoms with van der Waals surface area (Å²) in [7, 11) is 0. The van der Waals surface area contributed by atoms with Gasteiger partial charge in [-0.1, -0.05) is 29.8 Å². The molecule has 0 aliphatic carbocycles. The standard InChI is InChI=1S/C14H21BrFNO/c1-3-5-18-10-14(17-4-2)8-11-6-12(15)9-13(16)7-11/h6-7,9,14,17H,3-5,8,10H2,1-2H3. The van der Waals surface area contributed by atoms with Crippen LogP contribution in [0.4, 0.5) is 4.39 Å². The lowest BCUT2D eigenvalue weighted by molar-refractivity contribution is 0.112. The minimum absolute atomic E-state index is 0.205. The van der Waals surface area contributed by atoms with Crippen LogP contribution in [0.1, 0.15) is 25.8 Å². The maximum atomic E-state index is 13.3. The highest BCUT2D eigenvalue weighted by Gasteiger charge is 2.10. The number of halogens is 2. The van der Waals surface area contributed by atoms with E-state index in [4.69, 9.17) is 4.74 Å². The smallest absolute Gasteiger partial charge is 0.124 e. The molecule has 18 heavy (non-hydrogen) atoms. The zero-order valence-electron chi connectivity index (χ0n) is 11.0. The molecule has 1 aromatic carbocycles. The van der Waals surface area contributed by atoms with Crippen molar-refractivity contribution >= 4 is 15.9 Å². The fourth-order valence-corrected chi connectivity index (χ4v) is 2.37. The third-order valence-corrected chi connectivity index (χ3v) is 3.02. The van der Waals surface area contributed by atoms with E-state index in [-0.39, 0.29) is 11.9 Å². The van der Waals surface area contributed by atoms with Crippen LogP contribution in [0.2, 0.25) is 0 Å². The van der Waals surface area contributed by atoms with Gasteiger partial charge in [0.15, 0.2) is 0 Å². The summed E-state index contributed by atoms with van der Waals surface area (Å²) in [5, 5.41) is 3.37. The maximum absolute atomic E-state index is 13.3. The van der Waals surface area contributed by atoms with Crippen LogP contribution in [-0.2, 0) is 11.2 Å². The molecule has 4 heteroatoms. The molecule has 1 unspecified atom stereocenters. The SMILES string of the molecule is CCCOCC(Cc1cc(F)cc(Br)c1)NCC. The Morgan fingerprint density at radius 2 is 2.11 bits per heavy atom. The Labute approximate surface area is 117 Å². The Bertz CT molecular complexity index is 339. The van der Waals surface area contributed by atoms with Gasteiger partial charge in [-0.3, -0.25) is 0 Å². The quantitative estimate of drug-likeness (QED) is 0.740. The number of likely N-dealkylation sites (N-methyl/N-ethyl adjacent to an activating group) is 1. The molecular formula is C14H21BrFNO.